The molecule has 1 fully saturated rings. The number of aryl methyl sites for hydroxylation is 1. The van der Waals surface area contributed by atoms with Gasteiger partial charge in [-0.2, -0.15) is 5.10 Å². The lowest BCUT2D eigenvalue weighted by Gasteiger charge is -2.45. The van der Waals surface area contributed by atoms with Crippen molar-refractivity contribution in [2.45, 2.75) is 38.4 Å². The lowest BCUT2D eigenvalue weighted by atomic mass is 9.81. The van der Waals surface area contributed by atoms with Gasteiger partial charge < -0.3 is 19.5 Å². The minimum atomic E-state index is -1.10. The molecule has 8 heteroatoms. The number of ether oxygens (including phenoxy) is 2. The van der Waals surface area contributed by atoms with Crippen LogP contribution in [-0.2, 0) is 7.05 Å². The van der Waals surface area contributed by atoms with Gasteiger partial charge in [0.1, 0.15) is 29.0 Å². The summed E-state index contributed by atoms with van der Waals surface area (Å²) in [6.07, 6.45) is 0.255. The number of hydrogen-bond donors (Lipinski definition) is 1. The summed E-state index contributed by atoms with van der Waals surface area (Å²) in [5, 5.41) is 15.9. The van der Waals surface area contributed by atoms with Crippen LogP contribution in [0.2, 0.25) is 0 Å². The van der Waals surface area contributed by atoms with Gasteiger partial charge in [0.25, 0.3) is 5.91 Å². The molecule has 1 N–H and O–H groups in total. The number of benzene rings is 2. The average Bonchev–Trinajstić information content (AvgIpc) is 3.22. The fourth-order valence-electron chi connectivity index (χ4n) is 4.67. The summed E-state index contributed by atoms with van der Waals surface area (Å²) in [5.74, 6) is 0.858. The molecule has 0 aliphatic carbocycles. The molecule has 2 aromatic carbocycles. The van der Waals surface area contributed by atoms with Crippen LogP contribution in [0.25, 0.3) is 11.3 Å². The lowest BCUT2D eigenvalue weighted by Crippen LogP contribution is -2.59. The first-order valence-electron chi connectivity index (χ1n) is 11.8. The summed E-state index contributed by atoms with van der Waals surface area (Å²) in [6, 6.07) is 15.0. The van der Waals surface area contributed by atoms with E-state index in [0.29, 0.717) is 30.8 Å². The molecule has 35 heavy (non-hydrogen) atoms. The fourth-order valence-corrected chi connectivity index (χ4v) is 4.67. The minimum Gasteiger partial charge on any atom is -0.497 e. The highest BCUT2D eigenvalue weighted by Crippen LogP contribution is 2.33. The van der Waals surface area contributed by atoms with Gasteiger partial charge >= 0.3 is 0 Å². The second-order valence-corrected chi connectivity index (χ2v) is 9.53. The summed E-state index contributed by atoms with van der Waals surface area (Å²) in [5.41, 5.74) is 0.955. The molecule has 1 saturated heterocycles. The summed E-state index contributed by atoms with van der Waals surface area (Å²) in [4.78, 5) is 15.1. The number of rotatable bonds is 7. The topological polar surface area (TPSA) is 76.8 Å². The molecule has 1 aromatic heterocycles. The van der Waals surface area contributed by atoms with Crippen LogP contribution in [0.15, 0.2) is 54.6 Å². The highest BCUT2D eigenvalue weighted by atomic mass is 19.1. The molecule has 0 spiro atoms. The van der Waals surface area contributed by atoms with Crippen molar-refractivity contribution in [1.82, 2.24) is 14.7 Å². The Hall–Kier alpha value is -3.39. The Morgan fingerprint density at radius 1 is 1.17 bits per heavy atom. The van der Waals surface area contributed by atoms with Crippen LogP contribution in [0.1, 0.15) is 37.2 Å². The van der Waals surface area contributed by atoms with E-state index in [1.54, 1.807) is 29.8 Å². The van der Waals surface area contributed by atoms with Crippen LogP contribution in [-0.4, -0.2) is 57.6 Å². The number of methoxy groups -OCH3 is 1. The summed E-state index contributed by atoms with van der Waals surface area (Å²) in [6.45, 7) is 4.67. The molecule has 0 bridgehead atoms. The predicted octanol–water partition coefficient (Wildman–Crippen LogP) is 4.31. The first kappa shape index (κ1) is 24.7. The zero-order chi connectivity index (χ0) is 25.2. The van der Waals surface area contributed by atoms with Gasteiger partial charge in [-0.05, 0) is 73.4 Å². The highest BCUT2D eigenvalue weighted by molar-refractivity contribution is 5.93. The standard InChI is InChI=1S/C27H32FN3O4/c1-18(2)16-27(33)13-14-31(17-25(27)35-22-11-7-20(28)8-12-22)26(32)23-15-24(30(3)29-23)19-5-9-21(34-4)10-6-19/h5-12,15,18,25,33H,13-14,16-17H2,1-4H3/t25-,27+/m0/s1. The van der Waals surface area contributed by atoms with E-state index >= 15 is 0 Å². The molecule has 0 saturated carbocycles. The molecule has 1 aliphatic heterocycles. The maximum Gasteiger partial charge on any atom is 0.274 e. The van der Waals surface area contributed by atoms with E-state index < -0.39 is 11.7 Å². The summed E-state index contributed by atoms with van der Waals surface area (Å²) in [7, 11) is 3.41. The molecular formula is C27H32FN3O4. The quantitative estimate of drug-likeness (QED) is 0.544. The molecule has 2 atom stereocenters. The Balaban J connectivity index is 1.55. The summed E-state index contributed by atoms with van der Waals surface area (Å²) >= 11 is 0. The second-order valence-electron chi connectivity index (χ2n) is 9.53. The van der Waals surface area contributed by atoms with Gasteiger partial charge in [0.05, 0.1) is 19.3 Å². The average molecular weight is 482 g/mol. The fraction of sp³-hybridized carbons (Fsp3) is 0.407. The molecule has 7 nitrogen and oxygen atoms in total. The van der Waals surface area contributed by atoms with Crippen molar-refractivity contribution in [2.24, 2.45) is 13.0 Å². The molecule has 1 aliphatic rings. The smallest absolute Gasteiger partial charge is 0.274 e. The monoisotopic (exact) mass is 481 g/mol. The maximum atomic E-state index is 13.4. The Labute approximate surface area is 205 Å². The first-order chi connectivity index (χ1) is 16.7. The normalized spacial score (nSPS) is 20.2. The second kappa shape index (κ2) is 10.1. The van der Waals surface area contributed by atoms with E-state index in [1.165, 1.54) is 24.3 Å². The van der Waals surface area contributed by atoms with Crippen molar-refractivity contribution in [3.8, 4) is 22.8 Å². The number of hydrogen-bond acceptors (Lipinski definition) is 5. The predicted molar refractivity (Wildman–Crippen MR) is 131 cm³/mol. The van der Waals surface area contributed by atoms with Gasteiger partial charge in [-0.15, -0.1) is 0 Å². The van der Waals surface area contributed by atoms with Crippen LogP contribution in [0.5, 0.6) is 11.5 Å². The molecule has 3 aromatic rings. The molecule has 1 amide bonds. The Morgan fingerprint density at radius 3 is 2.46 bits per heavy atom. The third kappa shape index (κ3) is 5.48. The molecule has 0 radical (unpaired) electrons. The number of amides is 1. The van der Waals surface area contributed by atoms with Gasteiger partial charge in [-0.25, -0.2) is 4.39 Å². The number of carbonyl (C=O) groups excluding carboxylic acids is 1. The number of nitrogens with zero attached hydrogens (tertiary/aromatic N) is 3. The van der Waals surface area contributed by atoms with E-state index in [4.69, 9.17) is 9.47 Å². The number of halogens is 1. The lowest BCUT2D eigenvalue weighted by molar-refractivity contribution is -0.111. The maximum absolute atomic E-state index is 13.4. The van der Waals surface area contributed by atoms with E-state index in [0.717, 1.165) is 17.0 Å². The van der Waals surface area contributed by atoms with Crippen LogP contribution in [0.4, 0.5) is 4.39 Å². The van der Waals surface area contributed by atoms with Crippen LogP contribution in [0.3, 0.4) is 0 Å². The van der Waals surface area contributed by atoms with Crippen LogP contribution >= 0.6 is 0 Å². The van der Waals surface area contributed by atoms with Crippen LogP contribution < -0.4 is 9.47 Å². The number of aromatic nitrogens is 2. The van der Waals surface area contributed by atoms with Crippen LogP contribution in [0, 0.1) is 11.7 Å². The van der Waals surface area contributed by atoms with E-state index in [1.807, 2.05) is 38.1 Å². The van der Waals surface area contributed by atoms with Gasteiger partial charge in [-0.1, -0.05) is 13.8 Å². The molecule has 186 valence electrons. The van der Waals surface area contributed by atoms with Crippen molar-refractivity contribution < 1.29 is 23.8 Å². The highest BCUT2D eigenvalue weighted by Gasteiger charge is 2.45. The Bertz CT molecular complexity index is 1160. The Morgan fingerprint density at radius 2 is 1.83 bits per heavy atom. The number of aliphatic hydroxyl groups is 1. The SMILES string of the molecule is COc1ccc(-c2cc(C(=O)N3CC[C@@](O)(CC(C)C)[C@@H](Oc4ccc(F)cc4)C3)nn2C)cc1. The molecular weight excluding hydrogens is 449 g/mol. The van der Waals surface area contributed by atoms with Crippen molar-refractivity contribution in [1.29, 1.82) is 0 Å². The van der Waals surface area contributed by atoms with E-state index in [2.05, 4.69) is 5.10 Å². The van der Waals surface area contributed by atoms with Crippen molar-refractivity contribution >= 4 is 5.91 Å². The van der Waals surface area contributed by atoms with Gasteiger partial charge in [-0.3, -0.25) is 9.48 Å². The van der Waals surface area contributed by atoms with Crippen molar-refractivity contribution in [3.63, 3.8) is 0 Å². The molecule has 2 heterocycles. The zero-order valence-corrected chi connectivity index (χ0v) is 20.6. The van der Waals surface area contributed by atoms with E-state index in [9.17, 15) is 14.3 Å². The van der Waals surface area contributed by atoms with Crippen molar-refractivity contribution in [2.75, 3.05) is 20.2 Å². The minimum absolute atomic E-state index is 0.202. The first-order valence-corrected chi connectivity index (χ1v) is 11.8. The zero-order valence-electron chi connectivity index (χ0n) is 20.6. The Kier molecular flexibility index (Phi) is 7.12. The number of piperidine rings is 1. The number of likely N-dealkylation sites (tertiary alicyclic amines) is 1. The van der Waals surface area contributed by atoms with Gasteiger partial charge in [0, 0.05) is 19.2 Å². The van der Waals surface area contributed by atoms with Crippen molar-refractivity contribution in [3.05, 3.63) is 66.1 Å². The van der Waals surface area contributed by atoms with Gasteiger partial charge in [0.2, 0.25) is 0 Å². The van der Waals surface area contributed by atoms with Gasteiger partial charge in [0.15, 0.2) is 5.69 Å². The third-order valence-electron chi connectivity index (χ3n) is 6.43. The number of carbonyl (C=O) groups is 1. The summed E-state index contributed by atoms with van der Waals surface area (Å²) < 4.78 is 26.4. The largest absolute Gasteiger partial charge is 0.497 e. The van der Waals surface area contributed by atoms with E-state index in [-0.39, 0.29) is 24.2 Å². The third-order valence-corrected chi connectivity index (χ3v) is 6.43. The molecule has 0 unspecified atom stereocenters. The molecule has 4 rings (SSSR count).